The molecule has 0 aliphatic heterocycles. The molecular formula is C18H12Cl2N4O2S. The number of halogens is 2. The van der Waals surface area contributed by atoms with Gasteiger partial charge in [-0.05, 0) is 24.3 Å². The number of fused-ring (bicyclic) bond motifs is 1. The third-order valence-electron chi connectivity index (χ3n) is 3.76. The van der Waals surface area contributed by atoms with Crippen LogP contribution in [-0.2, 0) is 4.79 Å². The van der Waals surface area contributed by atoms with Gasteiger partial charge in [0.2, 0.25) is 5.91 Å². The lowest BCUT2D eigenvalue weighted by atomic mass is 10.2. The number of para-hydroxylation sites is 1. The van der Waals surface area contributed by atoms with Gasteiger partial charge in [0.15, 0.2) is 0 Å². The minimum Gasteiger partial charge on any atom is -0.411 e. The second-order valence-corrected chi connectivity index (χ2v) is 7.35. The van der Waals surface area contributed by atoms with Gasteiger partial charge in [0.05, 0.1) is 22.0 Å². The molecule has 2 aromatic carbocycles. The molecule has 0 spiro atoms. The fourth-order valence-electron chi connectivity index (χ4n) is 2.53. The summed E-state index contributed by atoms with van der Waals surface area (Å²) in [6.45, 7) is 0. The second-order valence-electron chi connectivity index (χ2n) is 5.58. The second kappa shape index (κ2) is 7.64. The van der Waals surface area contributed by atoms with E-state index in [2.05, 4.69) is 20.5 Å². The van der Waals surface area contributed by atoms with Crippen LogP contribution in [0.2, 0.25) is 10.0 Å². The first-order valence-electron chi connectivity index (χ1n) is 7.88. The molecular weight excluding hydrogens is 407 g/mol. The van der Waals surface area contributed by atoms with Gasteiger partial charge in [0, 0.05) is 22.1 Å². The molecule has 0 bridgehead atoms. The lowest BCUT2D eigenvalue weighted by molar-refractivity contribution is -0.113. The molecule has 0 radical (unpaired) electrons. The molecule has 0 aliphatic rings. The number of benzene rings is 2. The monoisotopic (exact) mass is 418 g/mol. The van der Waals surface area contributed by atoms with Gasteiger partial charge in [-0.3, -0.25) is 4.79 Å². The number of aromatic nitrogens is 3. The van der Waals surface area contributed by atoms with Crippen molar-refractivity contribution in [2.75, 3.05) is 11.1 Å². The maximum atomic E-state index is 12.1. The zero-order chi connectivity index (χ0) is 18.8. The van der Waals surface area contributed by atoms with Crippen molar-refractivity contribution in [1.82, 2.24) is 15.2 Å². The summed E-state index contributed by atoms with van der Waals surface area (Å²) < 4.78 is 5.67. The van der Waals surface area contributed by atoms with Crippen molar-refractivity contribution in [2.45, 2.75) is 5.22 Å². The molecule has 0 saturated heterocycles. The molecule has 136 valence electrons. The van der Waals surface area contributed by atoms with Crippen LogP contribution >= 0.6 is 35.0 Å². The summed E-state index contributed by atoms with van der Waals surface area (Å²) >= 11 is 13.1. The molecule has 0 saturated carbocycles. The number of aromatic amines is 1. The summed E-state index contributed by atoms with van der Waals surface area (Å²) in [6, 6.07) is 12.7. The van der Waals surface area contributed by atoms with Crippen LogP contribution in [0.5, 0.6) is 0 Å². The number of nitrogens with one attached hydrogen (secondary N) is 2. The number of carbonyl (C=O) groups is 1. The zero-order valence-corrected chi connectivity index (χ0v) is 16.0. The Hall–Kier alpha value is -2.48. The highest BCUT2D eigenvalue weighted by Crippen LogP contribution is 2.30. The quantitative estimate of drug-likeness (QED) is 0.432. The third-order valence-corrected chi connectivity index (χ3v) is 5.14. The maximum Gasteiger partial charge on any atom is 0.277 e. The Morgan fingerprint density at radius 2 is 2.04 bits per heavy atom. The normalized spacial score (nSPS) is 11.0. The van der Waals surface area contributed by atoms with Gasteiger partial charge in [0.1, 0.15) is 0 Å². The van der Waals surface area contributed by atoms with Gasteiger partial charge in [0.25, 0.3) is 11.1 Å². The molecule has 4 rings (SSSR count). The molecule has 9 heteroatoms. The van der Waals surface area contributed by atoms with Crippen LogP contribution in [0.25, 0.3) is 22.4 Å². The first-order valence-corrected chi connectivity index (χ1v) is 9.62. The average Bonchev–Trinajstić information content (AvgIpc) is 3.29. The van der Waals surface area contributed by atoms with E-state index in [1.165, 1.54) is 0 Å². The summed E-state index contributed by atoms with van der Waals surface area (Å²) in [5, 5.41) is 13.0. The highest BCUT2D eigenvalue weighted by Gasteiger charge is 2.15. The van der Waals surface area contributed by atoms with E-state index in [9.17, 15) is 4.79 Å². The first kappa shape index (κ1) is 17.9. The predicted molar refractivity (Wildman–Crippen MR) is 107 cm³/mol. The van der Waals surface area contributed by atoms with Crippen LogP contribution in [0, 0.1) is 0 Å². The van der Waals surface area contributed by atoms with Crippen LogP contribution in [0.15, 0.2) is 58.3 Å². The average molecular weight is 419 g/mol. The molecule has 0 aliphatic carbocycles. The smallest absolute Gasteiger partial charge is 0.277 e. The van der Waals surface area contributed by atoms with Gasteiger partial charge < -0.3 is 14.7 Å². The fourth-order valence-corrected chi connectivity index (χ4v) is 3.43. The summed E-state index contributed by atoms with van der Waals surface area (Å²) in [5.74, 6) is 0.238. The SMILES string of the molecule is O=C(CSc1nnc(-c2c[nH]c3ccccc23)o1)Nc1cc(Cl)ccc1Cl. The number of H-pyrrole nitrogens is 1. The maximum absolute atomic E-state index is 12.1. The Labute approximate surface area is 168 Å². The minimum atomic E-state index is -0.254. The number of amides is 1. The molecule has 6 nitrogen and oxygen atoms in total. The fraction of sp³-hybridized carbons (Fsp3) is 0.0556. The first-order chi connectivity index (χ1) is 13.1. The number of anilines is 1. The van der Waals surface area contributed by atoms with Crippen molar-refractivity contribution in [1.29, 1.82) is 0 Å². The number of hydrogen-bond donors (Lipinski definition) is 2. The van der Waals surface area contributed by atoms with Crippen molar-refractivity contribution in [3.05, 3.63) is 58.7 Å². The van der Waals surface area contributed by atoms with Crippen molar-refractivity contribution in [3.63, 3.8) is 0 Å². The van der Waals surface area contributed by atoms with Crippen molar-refractivity contribution >= 4 is 57.5 Å². The molecule has 27 heavy (non-hydrogen) atoms. The van der Waals surface area contributed by atoms with Gasteiger partial charge in [-0.25, -0.2) is 0 Å². The van der Waals surface area contributed by atoms with E-state index < -0.39 is 0 Å². The van der Waals surface area contributed by atoms with E-state index in [1.54, 1.807) is 18.2 Å². The molecule has 0 unspecified atom stereocenters. The molecule has 2 aromatic heterocycles. The number of thioether (sulfide) groups is 1. The summed E-state index contributed by atoms with van der Waals surface area (Å²) in [4.78, 5) is 15.3. The number of rotatable bonds is 5. The predicted octanol–water partition coefficient (Wildman–Crippen LogP) is 5.26. The van der Waals surface area contributed by atoms with Gasteiger partial charge in [-0.2, -0.15) is 0 Å². The van der Waals surface area contributed by atoms with Crippen LogP contribution < -0.4 is 5.32 Å². The lowest BCUT2D eigenvalue weighted by Gasteiger charge is -2.06. The zero-order valence-electron chi connectivity index (χ0n) is 13.7. The molecule has 2 N–H and O–H groups in total. The third kappa shape index (κ3) is 3.95. The Kier molecular flexibility index (Phi) is 5.07. The van der Waals surface area contributed by atoms with E-state index in [-0.39, 0.29) is 11.7 Å². The number of nitrogens with zero attached hydrogens (tertiary/aromatic N) is 2. The topological polar surface area (TPSA) is 83.8 Å². The van der Waals surface area contributed by atoms with Crippen LogP contribution in [0.3, 0.4) is 0 Å². The van der Waals surface area contributed by atoms with Crippen LogP contribution in [-0.4, -0.2) is 26.8 Å². The van der Waals surface area contributed by atoms with E-state index in [0.29, 0.717) is 26.8 Å². The molecule has 4 aromatic rings. The van der Waals surface area contributed by atoms with Crippen molar-refractivity contribution in [3.8, 4) is 11.5 Å². The lowest BCUT2D eigenvalue weighted by Crippen LogP contribution is -2.14. The molecule has 2 heterocycles. The standard InChI is InChI=1S/C18H12Cl2N4O2S/c19-10-5-6-13(20)15(7-10)22-16(25)9-27-18-24-23-17(26-18)12-8-21-14-4-2-1-3-11(12)14/h1-8,21H,9H2,(H,22,25). The highest BCUT2D eigenvalue weighted by molar-refractivity contribution is 7.99. The Balaban J connectivity index is 1.42. The minimum absolute atomic E-state index is 0.0956. The van der Waals surface area contributed by atoms with E-state index >= 15 is 0 Å². The largest absolute Gasteiger partial charge is 0.411 e. The van der Waals surface area contributed by atoms with Crippen molar-refractivity contribution < 1.29 is 9.21 Å². The van der Waals surface area contributed by atoms with E-state index in [0.717, 1.165) is 28.2 Å². The molecule has 0 fully saturated rings. The van der Waals surface area contributed by atoms with Gasteiger partial charge in [-0.1, -0.05) is 53.2 Å². The van der Waals surface area contributed by atoms with Gasteiger partial charge in [-0.15, -0.1) is 10.2 Å². The summed E-state index contributed by atoms with van der Waals surface area (Å²) in [5.41, 5.74) is 2.26. The number of hydrogen-bond acceptors (Lipinski definition) is 5. The van der Waals surface area contributed by atoms with E-state index in [4.69, 9.17) is 27.6 Å². The van der Waals surface area contributed by atoms with Crippen LogP contribution in [0.1, 0.15) is 0 Å². The van der Waals surface area contributed by atoms with Crippen LogP contribution in [0.4, 0.5) is 5.69 Å². The van der Waals surface area contributed by atoms with E-state index in [1.807, 2.05) is 30.5 Å². The molecule has 0 atom stereocenters. The van der Waals surface area contributed by atoms with Gasteiger partial charge >= 0.3 is 0 Å². The molecule has 1 amide bonds. The Bertz CT molecular complexity index is 1130. The van der Waals surface area contributed by atoms with Crippen molar-refractivity contribution in [2.24, 2.45) is 0 Å². The number of carbonyl (C=O) groups excluding carboxylic acids is 1. The Morgan fingerprint density at radius 3 is 2.93 bits per heavy atom. The Morgan fingerprint density at radius 1 is 1.19 bits per heavy atom. The summed E-state index contributed by atoms with van der Waals surface area (Å²) in [6.07, 6.45) is 1.82. The summed E-state index contributed by atoms with van der Waals surface area (Å²) in [7, 11) is 0. The highest BCUT2D eigenvalue weighted by atomic mass is 35.5.